The maximum absolute atomic E-state index is 11.0. The summed E-state index contributed by atoms with van der Waals surface area (Å²) in [6, 6.07) is 0. The van der Waals surface area contributed by atoms with Crippen LogP contribution in [0.1, 0.15) is 12.8 Å². The largest absolute Gasteiger partial charge is 0.458 e. The van der Waals surface area contributed by atoms with Crippen LogP contribution in [0.25, 0.3) is 0 Å². The van der Waals surface area contributed by atoms with Gasteiger partial charge < -0.3 is 14.3 Å². The Balaban J connectivity index is 2.30. The summed E-state index contributed by atoms with van der Waals surface area (Å²) in [6.07, 6.45) is 0.0754. The van der Waals surface area contributed by atoms with Crippen molar-refractivity contribution in [1.29, 1.82) is 0 Å². The second-order valence-corrected chi connectivity index (χ2v) is 9.09. The van der Waals surface area contributed by atoms with E-state index in [2.05, 4.69) is 19.6 Å². The number of ether oxygens (including phenoxy) is 1. The highest BCUT2D eigenvalue weighted by Crippen LogP contribution is 2.16. The van der Waals surface area contributed by atoms with E-state index in [0.29, 0.717) is 19.4 Å². The van der Waals surface area contributed by atoms with E-state index in [4.69, 9.17) is 14.3 Å². The van der Waals surface area contributed by atoms with Crippen LogP contribution in [0.4, 0.5) is 0 Å². The maximum atomic E-state index is 11.0. The number of rotatable bonds is 3. The Hall–Kier alpha value is -0.393. The third-order valence-corrected chi connectivity index (χ3v) is 3.05. The Labute approximate surface area is 85.3 Å². The van der Waals surface area contributed by atoms with E-state index in [1.807, 2.05) is 0 Å². The summed E-state index contributed by atoms with van der Waals surface area (Å²) < 4.78 is 10.6. The van der Waals surface area contributed by atoms with Crippen molar-refractivity contribution in [3.05, 3.63) is 0 Å². The zero-order valence-corrected chi connectivity index (χ0v) is 9.95. The zero-order valence-electron chi connectivity index (χ0n) is 8.95. The highest BCUT2D eigenvalue weighted by molar-refractivity contribution is 6.69. The molecule has 1 aliphatic rings. The lowest BCUT2D eigenvalue weighted by molar-refractivity contribution is -0.168. The third kappa shape index (κ3) is 3.77. The number of esters is 1. The van der Waals surface area contributed by atoms with E-state index < -0.39 is 20.4 Å². The molecule has 1 fully saturated rings. The molecule has 0 aromatic carbocycles. The fourth-order valence-corrected chi connectivity index (χ4v) is 1.91. The minimum atomic E-state index is -1.53. The van der Waals surface area contributed by atoms with Gasteiger partial charge in [-0.05, 0) is 32.5 Å². The van der Waals surface area contributed by atoms with Crippen LogP contribution in [0.3, 0.4) is 0 Å². The third-order valence-electron chi connectivity index (χ3n) is 2.02. The molecule has 1 heterocycles. The van der Waals surface area contributed by atoms with Crippen LogP contribution in [-0.4, -0.2) is 38.2 Å². The van der Waals surface area contributed by atoms with Gasteiger partial charge in [0.1, 0.15) is 6.10 Å². The molecule has 2 atom stereocenters. The van der Waals surface area contributed by atoms with Crippen LogP contribution < -0.4 is 0 Å². The van der Waals surface area contributed by atoms with Gasteiger partial charge in [-0.3, -0.25) is 0 Å². The average Bonchev–Trinajstić information content (AvgIpc) is 2.06. The molecule has 0 radical (unpaired) electrons. The van der Waals surface area contributed by atoms with Gasteiger partial charge in [0.05, 0.1) is 6.61 Å². The van der Waals surface area contributed by atoms with Crippen LogP contribution >= 0.6 is 0 Å². The molecule has 0 aromatic rings. The summed E-state index contributed by atoms with van der Waals surface area (Å²) in [7, 11) is -1.53. The first-order chi connectivity index (χ1) is 6.38. The van der Waals surface area contributed by atoms with Crippen molar-refractivity contribution in [1.82, 2.24) is 0 Å². The standard InChI is InChI=1S/C9H18O4Si/c1-14(2,3)12-6-7-4-5-8(10)9(11)13-7/h7-8,10H,4-6H2,1-3H3. The first-order valence-corrected chi connectivity index (χ1v) is 8.32. The lowest BCUT2D eigenvalue weighted by Gasteiger charge is -2.27. The van der Waals surface area contributed by atoms with Crippen molar-refractivity contribution in [3.8, 4) is 0 Å². The van der Waals surface area contributed by atoms with Crippen molar-refractivity contribution in [3.63, 3.8) is 0 Å². The summed E-state index contributed by atoms with van der Waals surface area (Å²) in [5.41, 5.74) is 0. The zero-order chi connectivity index (χ0) is 10.8. The monoisotopic (exact) mass is 218 g/mol. The summed E-state index contributed by atoms with van der Waals surface area (Å²) in [5.74, 6) is -0.513. The van der Waals surface area contributed by atoms with E-state index in [1.165, 1.54) is 0 Å². The van der Waals surface area contributed by atoms with Crippen LogP contribution in [-0.2, 0) is 14.0 Å². The number of carbonyl (C=O) groups excluding carboxylic acids is 1. The minimum absolute atomic E-state index is 0.169. The molecule has 0 aromatic heterocycles. The van der Waals surface area contributed by atoms with Gasteiger partial charge in [-0.15, -0.1) is 0 Å². The number of hydrogen-bond donors (Lipinski definition) is 1. The Morgan fingerprint density at radius 1 is 1.50 bits per heavy atom. The van der Waals surface area contributed by atoms with Crippen molar-refractivity contribution in [2.75, 3.05) is 6.61 Å². The molecule has 0 saturated carbocycles. The second-order valence-electron chi connectivity index (χ2n) is 4.58. The Kier molecular flexibility index (Phi) is 3.69. The molecule has 1 saturated heterocycles. The number of aliphatic hydroxyl groups is 1. The normalized spacial score (nSPS) is 28.7. The summed E-state index contributed by atoms with van der Waals surface area (Å²) >= 11 is 0. The highest BCUT2D eigenvalue weighted by atomic mass is 28.4. The van der Waals surface area contributed by atoms with Gasteiger partial charge in [0.15, 0.2) is 14.4 Å². The van der Waals surface area contributed by atoms with Gasteiger partial charge in [0.25, 0.3) is 0 Å². The lowest BCUT2D eigenvalue weighted by atomic mass is 10.1. The molecule has 82 valence electrons. The fraction of sp³-hybridized carbons (Fsp3) is 0.889. The van der Waals surface area contributed by atoms with Crippen molar-refractivity contribution in [2.45, 2.75) is 44.7 Å². The van der Waals surface area contributed by atoms with Crippen LogP contribution in [0.15, 0.2) is 0 Å². The lowest BCUT2D eigenvalue weighted by Crippen LogP contribution is -2.39. The number of cyclic esters (lactones) is 1. The molecule has 0 spiro atoms. The SMILES string of the molecule is C[Si](C)(C)OCC1CCC(O)C(=O)O1. The number of aliphatic hydroxyl groups excluding tert-OH is 1. The van der Waals surface area contributed by atoms with E-state index in [-0.39, 0.29) is 6.10 Å². The smallest absolute Gasteiger partial charge is 0.335 e. The predicted molar refractivity (Wildman–Crippen MR) is 54.4 cm³/mol. The Morgan fingerprint density at radius 2 is 2.14 bits per heavy atom. The van der Waals surface area contributed by atoms with E-state index >= 15 is 0 Å². The van der Waals surface area contributed by atoms with Crippen molar-refractivity contribution >= 4 is 14.3 Å². The number of carbonyl (C=O) groups is 1. The fourth-order valence-electron chi connectivity index (χ4n) is 1.22. The molecule has 5 heteroatoms. The molecule has 4 nitrogen and oxygen atoms in total. The van der Waals surface area contributed by atoms with Gasteiger partial charge in [-0.25, -0.2) is 4.79 Å². The Bertz CT molecular complexity index is 211. The molecule has 2 unspecified atom stereocenters. The molecule has 0 aliphatic carbocycles. The summed E-state index contributed by atoms with van der Waals surface area (Å²) in [4.78, 5) is 11.0. The quantitative estimate of drug-likeness (QED) is 0.565. The highest BCUT2D eigenvalue weighted by Gasteiger charge is 2.29. The van der Waals surface area contributed by atoms with Gasteiger partial charge in [0, 0.05) is 0 Å². The van der Waals surface area contributed by atoms with E-state index in [1.54, 1.807) is 0 Å². The van der Waals surface area contributed by atoms with Gasteiger partial charge in [0.2, 0.25) is 0 Å². The van der Waals surface area contributed by atoms with Crippen LogP contribution in [0, 0.1) is 0 Å². The van der Waals surface area contributed by atoms with E-state index in [9.17, 15) is 4.79 Å². The molecular weight excluding hydrogens is 200 g/mol. The van der Waals surface area contributed by atoms with Gasteiger partial charge in [-0.1, -0.05) is 0 Å². The van der Waals surface area contributed by atoms with Crippen LogP contribution in [0.5, 0.6) is 0 Å². The average molecular weight is 218 g/mol. The van der Waals surface area contributed by atoms with Gasteiger partial charge in [-0.2, -0.15) is 0 Å². The Morgan fingerprint density at radius 3 is 2.64 bits per heavy atom. The van der Waals surface area contributed by atoms with E-state index in [0.717, 1.165) is 0 Å². The maximum Gasteiger partial charge on any atom is 0.335 e. The van der Waals surface area contributed by atoms with Crippen LogP contribution in [0.2, 0.25) is 19.6 Å². The van der Waals surface area contributed by atoms with Crippen molar-refractivity contribution < 1.29 is 19.1 Å². The topological polar surface area (TPSA) is 55.8 Å². The molecule has 0 amide bonds. The molecule has 0 bridgehead atoms. The molecule has 1 rings (SSSR count). The summed E-state index contributed by atoms with van der Waals surface area (Å²) in [5, 5.41) is 9.12. The molecule has 14 heavy (non-hydrogen) atoms. The molecule has 1 aliphatic heterocycles. The molecule has 1 N–H and O–H groups in total. The summed E-state index contributed by atoms with van der Waals surface area (Å²) in [6.45, 7) is 6.74. The van der Waals surface area contributed by atoms with Crippen molar-refractivity contribution in [2.24, 2.45) is 0 Å². The number of hydrogen-bond acceptors (Lipinski definition) is 4. The first kappa shape index (κ1) is 11.7. The predicted octanol–water partition coefficient (Wildman–Crippen LogP) is 0.904. The van der Waals surface area contributed by atoms with Gasteiger partial charge >= 0.3 is 5.97 Å². The second kappa shape index (κ2) is 4.42. The minimum Gasteiger partial charge on any atom is -0.458 e. The molecular formula is C9H18O4Si. The first-order valence-electron chi connectivity index (χ1n) is 4.91.